The Morgan fingerprint density at radius 2 is 1.62 bits per heavy atom. The fourth-order valence-electron chi connectivity index (χ4n) is 2.90. The minimum atomic E-state index is 0.288. The first-order valence-electron chi connectivity index (χ1n) is 5.53. The topological polar surface area (TPSA) is 24.1 Å². The first kappa shape index (κ1) is 9.47. The quantitative estimate of drug-likeness (QED) is 0.640. The maximum Gasteiger partial charge on any atom is 0.00991 e. The van der Waals surface area contributed by atoms with Crippen molar-refractivity contribution >= 4 is 0 Å². The van der Waals surface area contributed by atoms with Gasteiger partial charge in [0, 0.05) is 11.6 Å². The van der Waals surface area contributed by atoms with Gasteiger partial charge in [0.2, 0.25) is 0 Å². The molecule has 2 atom stereocenters. The van der Waals surface area contributed by atoms with Gasteiger partial charge in [-0.15, -0.1) is 0 Å². The van der Waals surface area contributed by atoms with Crippen molar-refractivity contribution in [1.29, 1.82) is 0 Å². The van der Waals surface area contributed by atoms with E-state index in [-0.39, 0.29) is 5.54 Å². The predicted molar refractivity (Wildman–Crippen MR) is 55.8 cm³/mol. The molecule has 2 N–H and O–H groups in total. The molecule has 2 aliphatic rings. The second-order valence-corrected chi connectivity index (χ2v) is 5.74. The van der Waals surface area contributed by atoms with Crippen molar-refractivity contribution in [3.8, 4) is 0 Å². The lowest BCUT2D eigenvalue weighted by molar-refractivity contribution is 0.349. The zero-order valence-electron chi connectivity index (χ0n) is 9.06. The molecule has 13 heavy (non-hydrogen) atoms. The second kappa shape index (κ2) is 3.25. The van der Waals surface area contributed by atoms with E-state index in [2.05, 4.69) is 31.4 Å². The van der Waals surface area contributed by atoms with Gasteiger partial charge in [-0.1, -0.05) is 0 Å². The molecule has 0 aromatic carbocycles. The summed E-state index contributed by atoms with van der Waals surface area (Å²) in [7, 11) is 0. The van der Waals surface area contributed by atoms with Crippen LogP contribution in [-0.2, 0) is 0 Å². The molecule has 2 fully saturated rings. The average Bonchev–Trinajstić information content (AvgIpc) is 2.40. The van der Waals surface area contributed by atoms with Gasteiger partial charge in [0.05, 0.1) is 0 Å². The number of hydrogen-bond acceptors (Lipinski definition) is 2. The van der Waals surface area contributed by atoms with E-state index in [1.165, 1.54) is 25.9 Å². The molecule has 0 spiro atoms. The molecule has 2 rings (SSSR count). The van der Waals surface area contributed by atoms with Crippen LogP contribution in [0.1, 0.15) is 33.6 Å². The largest absolute Gasteiger partial charge is 0.316 e. The molecule has 0 aromatic heterocycles. The van der Waals surface area contributed by atoms with Gasteiger partial charge in [-0.05, 0) is 58.5 Å². The Kier molecular flexibility index (Phi) is 2.37. The molecule has 2 heteroatoms. The lowest BCUT2D eigenvalue weighted by Gasteiger charge is -2.26. The zero-order chi connectivity index (χ0) is 9.47. The third-order valence-electron chi connectivity index (χ3n) is 3.29. The molecular formula is C11H22N2. The average molecular weight is 182 g/mol. The van der Waals surface area contributed by atoms with E-state index < -0.39 is 0 Å². The molecular weight excluding hydrogens is 160 g/mol. The maximum absolute atomic E-state index is 3.72. The van der Waals surface area contributed by atoms with Gasteiger partial charge in [-0.2, -0.15) is 0 Å². The van der Waals surface area contributed by atoms with Gasteiger partial charge in [0.15, 0.2) is 0 Å². The van der Waals surface area contributed by atoms with Crippen molar-refractivity contribution in [1.82, 2.24) is 10.6 Å². The van der Waals surface area contributed by atoms with Gasteiger partial charge < -0.3 is 10.6 Å². The minimum Gasteiger partial charge on any atom is -0.316 e. The highest BCUT2D eigenvalue weighted by atomic mass is 15.0. The van der Waals surface area contributed by atoms with Crippen molar-refractivity contribution in [2.75, 3.05) is 13.1 Å². The van der Waals surface area contributed by atoms with E-state index >= 15 is 0 Å². The molecule has 0 amide bonds. The summed E-state index contributed by atoms with van der Waals surface area (Å²) < 4.78 is 0. The van der Waals surface area contributed by atoms with Crippen LogP contribution in [0.15, 0.2) is 0 Å². The first-order chi connectivity index (χ1) is 6.04. The Labute approximate surface area is 81.5 Å². The Hall–Kier alpha value is -0.0800. The second-order valence-electron chi connectivity index (χ2n) is 5.74. The molecule has 1 saturated heterocycles. The van der Waals surface area contributed by atoms with Gasteiger partial charge in [-0.25, -0.2) is 0 Å². The Bertz CT molecular complexity index is 171. The number of rotatable bonds is 1. The molecule has 2 nitrogen and oxygen atoms in total. The van der Waals surface area contributed by atoms with Crippen molar-refractivity contribution in [2.24, 2.45) is 11.8 Å². The Morgan fingerprint density at radius 3 is 2.08 bits per heavy atom. The predicted octanol–water partition coefficient (Wildman–Crippen LogP) is 1.37. The summed E-state index contributed by atoms with van der Waals surface area (Å²) >= 11 is 0. The van der Waals surface area contributed by atoms with E-state index in [1.807, 2.05) is 0 Å². The lowest BCUT2D eigenvalue weighted by atomic mass is 10.0. The summed E-state index contributed by atoms with van der Waals surface area (Å²) in [5.41, 5.74) is 0.288. The summed E-state index contributed by atoms with van der Waals surface area (Å²) in [6.07, 6.45) is 2.77. The van der Waals surface area contributed by atoms with Crippen molar-refractivity contribution in [3.05, 3.63) is 0 Å². The van der Waals surface area contributed by atoms with Crippen LogP contribution in [0, 0.1) is 11.8 Å². The third-order valence-corrected chi connectivity index (χ3v) is 3.29. The third kappa shape index (κ3) is 2.23. The number of hydrogen-bond donors (Lipinski definition) is 2. The molecule has 1 saturated carbocycles. The van der Waals surface area contributed by atoms with E-state index in [0.717, 1.165) is 17.9 Å². The first-order valence-corrected chi connectivity index (χ1v) is 5.53. The fraction of sp³-hybridized carbons (Fsp3) is 1.00. The van der Waals surface area contributed by atoms with Crippen molar-refractivity contribution < 1.29 is 0 Å². The Balaban J connectivity index is 1.85. The van der Waals surface area contributed by atoms with Crippen LogP contribution in [0.5, 0.6) is 0 Å². The summed E-state index contributed by atoms with van der Waals surface area (Å²) in [5.74, 6) is 1.92. The highest BCUT2D eigenvalue weighted by Crippen LogP contribution is 2.34. The van der Waals surface area contributed by atoms with E-state index in [4.69, 9.17) is 0 Å². The van der Waals surface area contributed by atoms with Crippen molar-refractivity contribution in [2.45, 2.75) is 45.2 Å². The van der Waals surface area contributed by atoms with Crippen LogP contribution in [0.4, 0.5) is 0 Å². The highest BCUT2D eigenvalue weighted by molar-refractivity contribution is 4.95. The molecule has 76 valence electrons. The van der Waals surface area contributed by atoms with Crippen LogP contribution >= 0.6 is 0 Å². The summed E-state index contributed by atoms with van der Waals surface area (Å²) in [6.45, 7) is 9.30. The van der Waals surface area contributed by atoms with Gasteiger partial charge in [0.25, 0.3) is 0 Å². The van der Waals surface area contributed by atoms with Gasteiger partial charge >= 0.3 is 0 Å². The van der Waals surface area contributed by atoms with Crippen molar-refractivity contribution in [3.63, 3.8) is 0 Å². The summed E-state index contributed by atoms with van der Waals surface area (Å²) in [5, 5.41) is 7.20. The normalized spacial score (nSPS) is 39.5. The van der Waals surface area contributed by atoms with E-state index in [0.29, 0.717) is 0 Å². The zero-order valence-corrected chi connectivity index (χ0v) is 9.06. The monoisotopic (exact) mass is 182 g/mol. The van der Waals surface area contributed by atoms with E-state index in [1.54, 1.807) is 0 Å². The SMILES string of the molecule is CC(C)(C)NC1CC2CNCC2C1. The molecule has 2 unspecified atom stereocenters. The molecule has 1 heterocycles. The summed E-state index contributed by atoms with van der Waals surface area (Å²) in [4.78, 5) is 0. The molecule has 1 aliphatic carbocycles. The lowest BCUT2D eigenvalue weighted by Crippen LogP contribution is -2.43. The van der Waals surface area contributed by atoms with Gasteiger partial charge in [0.1, 0.15) is 0 Å². The number of fused-ring (bicyclic) bond motifs is 1. The maximum atomic E-state index is 3.72. The summed E-state index contributed by atoms with van der Waals surface area (Å²) in [6, 6.07) is 0.775. The smallest absolute Gasteiger partial charge is 0.00991 e. The van der Waals surface area contributed by atoms with Crippen LogP contribution in [0.2, 0.25) is 0 Å². The fourth-order valence-corrected chi connectivity index (χ4v) is 2.90. The molecule has 0 aromatic rings. The molecule has 0 bridgehead atoms. The van der Waals surface area contributed by atoms with Crippen LogP contribution in [0.25, 0.3) is 0 Å². The molecule has 0 radical (unpaired) electrons. The highest BCUT2D eigenvalue weighted by Gasteiger charge is 2.38. The molecule has 1 aliphatic heterocycles. The van der Waals surface area contributed by atoms with Crippen LogP contribution in [0.3, 0.4) is 0 Å². The number of nitrogens with one attached hydrogen (secondary N) is 2. The van der Waals surface area contributed by atoms with E-state index in [9.17, 15) is 0 Å². The van der Waals surface area contributed by atoms with Gasteiger partial charge in [-0.3, -0.25) is 0 Å². The Morgan fingerprint density at radius 1 is 1.08 bits per heavy atom. The van der Waals surface area contributed by atoms with Crippen LogP contribution in [-0.4, -0.2) is 24.7 Å². The van der Waals surface area contributed by atoms with Crippen LogP contribution < -0.4 is 10.6 Å². The standard InChI is InChI=1S/C11H22N2/c1-11(2,3)13-10-4-8-6-12-7-9(8)5-10/h8-10,12-13H,4-7H2,1-3H3. The minimum absolute atomic E-state index is 0.288.